The van der Waals surface area contributed by atoms with Crippen molar-refractivity contribution in [3.8, 4) is 17.2 Å². The first kappa shape index (κ1) is 23.1. The van der Waals surface area contributed by atoms with Crippen LogP contribution in [0, 0.1) is 10.1 Å². The number of rotatable bonds is 8. The molecule has 0 saturated carbocycles. The summed E-state index contributed by atoms with van der Waals surface area (Å²) in [4.78, 5) is 23.3. The summed E-state index contributed by atoms with van der Waals surface area (Å²) in [6.45, 7) is 0.253. The molecule has 2 aromatic rings. The van der Waals surface area contributed by atoms with Gasteiger partial charge in [-0.2, -0.15) is 13.2 Å². The lowest BCUT2D eigenvalue weighted by molar-refractivity contribution is -0.385. The highest BCUT2D eigenvalue weighted by molar-refractivity contribution is 6.31. The molecule has 30 heavy (non-hydrogen) atoms. The first-order chi connectivity index (χ1) is 14.1. The van der Waals surface area contributed by atoms with E-state index >= 15 is 0 Å². The molecule has 0 unspecified atom stereocenters. The van der Waals surface area contributed by atoms with Crippen molar-refractivity contribution < 1.29 is 37.1 Å². The highest BCUT2D eigenvalue weighted by atomic mass is 35.5. The smallest absolute Gasteiger partial charge is 0.422 e. The van der Waals surface area contributed by atoms with Gasteiger partial charge in [0.25, 0.3) is 11.6 Å². The molecule has 0 aromatic heterocycles. The minimum atomic E-state index is -4.61. The summed E-state index contributed by atoms with van der Waals surface area (Å²) in [5.74, 6) is -1.18. The molecular formula is C18H16ClF3N2O6. The highest BCUT2D eigenvalue weighted by Crippen LogP contribution is 2.36. The fourth-order valence-electron chi connectivity index (χ4n) is 2.38. The molecule has 0 aliphatic carbocycles. The number of amides is 1. The van der Waals surface area contributed by atoms with E-state index in [0.29, 0.717) is 0 Å². The van der Waals surface area contributed by atoms with Gasteiger partial charge in [-0.05, 0) is 25.1 Å². The fourth-order valence-corrected chi connectivity index (χ4v) is 2.56. The van der Waals surface area contributed by atoms with Crippen molar-refractivity contribution in [3.05, 3.63) is 51.0 Å². The molecule has 8 nitrogen and oxygen atoms in total. The van der Waals surface area contributed by atoms with Crippen molar-refractivity contribution in [2.75, 3.05) is 25.6 Å². The number of carbonyl (C=O) groups is 1. The summed E-state index contributed by atoms with van der Waals surface area (Å²) in [5.41, 5.74) is -1.18. The van der Waals surface area contributed by atoms with Gasteiger partial charge in [0.1, 0.15) is 11.3 Å². The van der Waals surface area contributed by atoms with Gasteiger partial charge < -0.3 is 19.5 Å². The number of nitrogens with zero attached hydrogens (tertiary/aromatic N) is 1. The number of alkyl halides is 3. The van der Waals surface area contributed by atoms with E-state index in [0.717, 1.165) is 24.3 Å². The lowest BCUT2D eigenvalue weighted by atomic mass is 10.1. The first-order valence-electron chi connectivity index (χ1n) is 8.35. The molecule has 0 radical (unpaired) electrons. The van der Waals surface area contributed by atoms with E-state index in [1.165, 1.54) is 13.2 Å². The Morgan fingerprint density at radius 1 is 1.17 bits per heavy atom. The van der Waals surface area contributed by atoms with Crippen molar-refractivity contribution in [2.24, 2.45) is 0 Å². The predicted molar refractivity (Wildman–Crippen MR) is 102 cm³/mol. The van der Waals surface area contributed by atoms with E-state index in [-0.39, 0.29) is 34.6 Å². The molecular weight excluding hydrogens is 433 g/mol. The number of nitro benzene ring substituents is 1. The minimum Gasteiger partial charge on any atom is -0.493 e. The Bertz CT molecular complexity index is 952. The number of methoxy groups -OCH3 is 1. The second-order valence-electron chi connectivity index (χ2n) is 5.71. The van der Waals surface area contributed by atoms with Crippen LogP contribution in [0.5, 0.6) is 17.2 Å². The van der Waals surface area contributed by atoms with Crippen LogP contribution in [0.25, 0.3) is 0 Å². The average Bonchev–Trinajstić information content (AvgIpc) is 2.66. The van der Waals surface area contributed by atoms with E-state index in [1.807, 2.05) is 0 Å². The largest absolute Gasteiger partial charge is 0.493 e. The standard InChI is InChI=1S/C18H16ClF3N2O6/c1-3-29-16-8-13(24(26)27)11(7-15(16)28-2)17(25)23-12-6-10(19)4-5-14(12)30-9-18(20,21)22/h4-8H,3,9H2,1-2H3,(H,23,25). The fraction of sp³-hybridized carbons (Fsp3) is 0.278. The van der Waals surface area contributed by atoms with Crippen molar-refractivity contribution in [1.82, 2.24) is 0 Å². The number of ether oxygens (including phenoxy) is 3. The third-order valence-electron chi connectivity index (χ3n) is 3.60. The second-order valence-corrected chi connectivity index (χ2v) is 6.15. The highest BCUT2D eigenvalue weighted by Gasteiger charge is 2.29. The zero-order chi connectivity index (χ0) is 22.5. The molecule has 1 amide bonds. The molecule has 0 heterocycles. The topological polar surface area (TPSA) is 99.9 Å². The van der Waals surface area contributed by atoms with Crippen LogP contribution in [0.3, 0.4) is 0 Å². The summed E-state index contributed by atoms with van der Waals surface area (Å²) in [7, 11) is 1.28. The van der Waals surface area contributed by atoms with Crippen LogP contribution in [-0.4, -0.2) is 37.3 Å². The van der Waals surface area contributed by atoms with Gasteiger partial charge in [-0.25, -0.2) is 0 Å². The molecule has 0 bridgehead atoms. The molecule has 0 saturated heterocycles. The van der Waals surface area contributed by atoms with Crippen LogP contribution in [0.2, 0.25) is 5.02 Å². The van der Waals surface area contributed by atoms with Gasteiger partial charge in [0.2, 0.25) is 0 Å². The van der Waals surface area contributed by atoms with E-state index in [2.05, 4.69) is 5.32 Å². The second kappa shape index (κ2) is 9.53. The molecule has 0 aliphatic heterocycles. The first-order valence-corrected chi connectivity index (χ1v) is 8.73. The Kier molecular flexibility index (Phi) is 7.33. The van der Waals surface area contributed by atoms with Crippen LogP contribution < -0.4 is 19.5 Å². The quantitative estimate of drug-likeness (QED) is 0.458. The zero-order valence-electron chi connectivity index (χ0n) is 15.7. The molecule has 0 atom stereocenters. The molecule has 12 heteroatoms. The maximum absolute atomic E-state index is 12.7. The number of nitrogens with one attached hydrogen (secondary N) is 1. The third kappa shape index (κ3) is 5.89. The van der Waals surface area contributed by atoms with Crippen molar-refractivity contribution in [1.29, 1.82) is 0 Å². The van der Waals surface area contributed by atoms with Crippen LogP contribution in [0.15, 0.2) is 30.3 Å². The number of hydrogen-bond donors (Lipinski definition) is 1. The Morgan fingerprint density at radius 2 is 1.87 bits per heavy atom. The van der Waals surface area contributed by atoms with Crippen molar-refractivity contribution >= 4 is 28.9 Å². The van der Waals surface area contributed by atoms with Gasteiger partial charge in [0, 0.05) is 11.1 Å². The number of halogens is 4. The van der Waals surface area contributed by atoms with E-state index in [9.17, 15) is 28.1 Å². The molecule has 0 fully saturated rings. The van der Waals surface area contributed by atoms with Crippen LogP contribution in [-0.2, 0) is 0 Å². The molecule has 0 aliphatic rings. The zero-order valence-corrected chi connectivity index (χ0v) is 16.5. The summed E-state index contributed by atoms with van der Waals surface area (Å²) < 4.78 is 52.4. The lowest BCUT2D eigenvalue weighted by Crippen LogP contribution is -2.20. The average molecular weight is 449 g/mol. The van der Waals surface area contributed by atoms with Gasteiger partial charge in [-0.1, -0.05) is 11.6 Å². The molecule has 0 spiro atoms. The summed E-state index contributed by atoms with van der Waals surface area (Å²) in [5, 5.41) is 13.8. The Labute approximate surface area is 173 Å². The van der Waals surface area contributed by atoms with E-state index < -0.39 is 34.9 Å². The number of benzene rings is 2. The van der Waals surface area contributed by atoms with Gasteiger partial charge in [0.05, 0.1) is 30.4 Å². The molecule has 2 rings (SSSR count). The SMILES string of the molecule is CCOc1cc([N+](=O)[O-])c(C(=O)Nc2cc(Cl)ccc2OCC(F)(F)F)cc1OC. The van der Waals surface area contributed by atoms with E-state index in [4.69, 9.17) is 25.8 Å². The van der Waals surface area contributed by atoms with Crippen LogP contribution in [0.1, 0.15) is 17.3 Å². The van der Waals surface area contributed by atoms with Gasteiger partial charge >= 0.3 is 6.18 Å². The Balaban J connectivity index is 2.42. The molecule has 1 N–H and O–H groups in total. The van der Waals surface area contributed by atoms with Gasteiger partial charge in [-0.15, -0.1) is 0 Å². The van der Waals surface area contributed by atoms with Crippen molar-refractivity contribution in [3.63, 3.8) is 0 Å². The number of anilines is 1. The number of nitro groups is 1. The lowest BCUT2D eigenvalue weighted by Gasteiger charge is -2.15. The maximum atomic E-state index is 12.7. The normalized spacial score (nSPS) is 11.0. The molecule has 2 aromatic carbocycles. The number of hydrogen-bond acceptors (Lipinski definition) is 6. The summed E-state index contributed by atoms with van der Waals surface area (Å²) >= 11 is 5.85. The Morgan fingerprint density at radius 3 is 2.43 bits per heavy atom. The Hall–Kier alpha value is -3.21. The van der Waals surface area contributed by atoms with Crippen LogP contribution in [0.4, 0.5) is 24.5 Å². The monoisotopic (exact) mass is 448 g/mol. The maximum Gasteiger partial charge on any atom is 0.422 e. The summed E-state index contributed by atoms with van der Waals surface area (Å²) in [6, 6.07) is 5.68. The van der Waals surface area contributed by atoms with Crippen LogP contribution >= 0.6 is 11.6 Å². The predicted octanol–water partition coefficient (Wildman–Crippen LogP) is 4.85. The number of carbonyl (C=O) groups excluding carboxylic acids is 1. The van der Waals surface area contributed by atoms with E-state index in [1.54, 1.807) is 6.92 Å². The third-order valence-corrected chi connectivity index (χ3v) is 3.84. The minimum absolute atomic E-state index is 0.0557. The van der Waals surface area contributed by atoms with Gasteiger partial charge in [0.15, 0.2) is 18.1 Å². The van der Waals surface area contributed by atoms with Crippen molar-refractivity contribution in [2.45, 2.75) is 13.1 Å². The molecule has 162 valence electrons. The van der Waals surface area contributed by atoms with Gasteiger partial charge in [-0.3, -0.25) is 14.9 Å². The summed E-state index contributed by atoms with van der Waals surface area (Å²) in [6.07, 6.45) is -4.61.